The summed E-state index contributed by atoms with van der Waals surface area (Å²) in [4.78, 5) is 29.6. The van der Waals surface area contributed by atoms with Crippen LogP contribution >= 0.6 is 0 Å². The molecule has 0 fully saturated rings. The minimum Gasteiger partial charge on any atom is -0.462 e. The number of hydrogen-bond donors (Lipinski definition) is 1. The van der Waals surface area contributed by atoms with E-state index in [2.05, 4.69) is 10.3 Å². The van der Waals surface area contributed by atoms with Crippen LogP contribution in [0, 0.1) is 12.7 Å². The fourth-order valence-corrected chi connectivity index (χ4v) is 2.86. The lowest BCUT2D eigenvalue weighted by atomic mass is 10.1. The Kier molecular flexibility index (Phi) is 5.99. The van der Waals surface area contributed by atoms with Crippen LogP contribution < -0.4 is 5.32 Å². The van der Waals surface area contributed by atoms with Crippen LogP contribution in [-0.4, -0.2) is 23.5 Å². The summed E-state index contributed by atoms with van der Waals surface area (Å²) in [6.07, 6.45) is 1.69. The summed E-state index contributed by atoms with van der Waals surface area (Å²) >= 11 is 0. The van der Waals surface area contributed by atoms with Gasteiger partial charge in [0.15, 0.2) is 0 Å². The Morgan fingerprint density at radius 2 is 1.89 bits per heavy atom. The largest absolute Gasteiger partial charge is 0.462 e. The molecule has 5 nitrogen and oxygen atoms in total. The number of amides is 1. The zero-order chi connectivity index (χ0) is 20.1. The third kappa shape index (κ3) is 4.34. The zero-order valence-electron chi connectivity index (χ0n) is 15.8. The maximum Gasteiger partial charge on any atom is 0.340 e. The van der Waals surface area contributed by atoms with Crippen LogP contribution in [0.1, 0.15) is 46.2 Å². The maximum atomic E-state index is 13.7. The van der Waals surface area contributed by atoms with E-state index in [4.69, 9.17) is 4.74 Å². The quantitative estimate of drug-likeness (QED) is 0.488. The van der Waals surface area contributed by atoms with E-state index >= 15 is 0 Å². The van der Waals surface area contributed by atoms with Gasteiger partial charge in [-0.05, 0) is 49.7 Å². The molecule has 0 aliphatic heterocycles. The fraction of sp³-hybridized carbons (Fsp3) is 0.227. The number of carbonyl (C=O) groups is 2. The normalized spacial score (nSPS) is 10.7. The number of halogens is 1. The topological polar surface area (TPSA) is 68.3 Å². The predicted octanol–water partition coefficient (Wildman–Crippen LogP) is 4.89. The Hall–Kier alpha value is -3.28. The van der Waals surface area contributed by atoms with Crippen LogP contribution in [0.25, 0.3) is 10.9 Å². The second-order valence-corrected chi connectivity index (χ2v) is 6.46. The number of ether oxygens (including phenoxy) is 1. The number of benzene rings is 2. The molecule has 0 saturated heterocycles. The summed E-state index contributed by atoms with van der Waals surface area (Å²) in [5.74, 6) is -1.40. The van der Waals surface area contributed by atoms with E-state index in [9.17, 15) is 14.0 Å². The number of hydrogen-bond acceptors (Lipinski definition) is 4. The molecular weight excluding hydrogens is 359 g/mol. The van der Waals surface area contributed by atoms with Gasteiger partial charge in [-0.15, -0.1) is 0 Å². The number of aryl methyl sites for hydroxylation is 1. The molecule has 1 heterocycles. The number of carbonyl (C=O) groups excluding carboxylic acids is 2. The first-order chi connectivity index (χ1) is 13.5. The number of esters is 1. The molecule has 1 N–H and O–H groups in total. The number of pyridine rings is 1. The average molecular weight is 380 g/mol. The zero-order valence-corrected chi connectivity index (χ0v) is 15.8. The molecule has 1 aromatic heterocycles. The Bertz CT molecular complexity index is 1030. The van der Waals surface area contributed by atoms with Gasteiger partial charge < -0.3 is 10.1 Å². The third-order valence-electron chi connectivity index (χ3n) is 4.27. The molecule has 0 atom stereocenters. The van der Waals surface area contributed by atoms with E-state index in [1.165, 1.54) is 18.2 Å². The SMILES string of the molecule is CCCCOC(=O)c1ccccc1NC(=O)c1cc(C)nc2ccc(F)cc12. The van der Waals surface area contributed by atoms with Gasteiger partial charge in [-0.3, -0.25) is 9.78 Å². The van der Waals surface area contributed by atoms with Crippen molar-refractivity contribution in [3.05, 3.63) is 71.2 Å². The molecule has 0 aliphatic carbocycles. The van der Waals surface area contributed by atoms with Gasteiger partial charge >= 0.3 is 5.97 Å². The summed E-state index contributed by atoms with van der Waals surface area (Å²) in [6, 6.07) is 12.4. The summed E-state index contributed by atoms with van der Waals surface area (Å²) in [5.41, 5.74) is 2.06. The summed E-state index contributed by atoms with van der Waals surface area (Å²) < 4.78 is 19.0. The molecule has 0 spiro atoms. The van der Waals surface area contributed by atoms with Gasteiger partial charge in [-0.25, -0.2) is 9.18 Å². The number of nitrogens with zero attached hydrogens (tertiary/aromatic N) is 1. The van der Waals surface area contributed by atoms with Crippen molar-refractivity contribution in [3.8, 4) is 0 Å². The lowest BCUT2D eigenvalue weighted by molar-refractivity contribution is 0.0501. The molecule has 144 valence electrons. The third-order valence-corrected chi connectivity index (χ3v) is 4.27. The van der Waals surface area contributed by atoms with Crippen LogP contribution in [0.5, 0.6) is 0 Å². The van der Waals surface area contributed by atoms with E-state index in [-0.39, 0.29) is 11.1 Å². The molecule has 3 aromatic rings. The minimum absolute atomic E-state index is 0.271. The lowest BCUT2D eigenvalue weighted by Crippen LogP contribution is -2.17. The molecule has 1 amide bonds. The van der Waals surface area contributed by atoms with E-state index in [0.29, 0.717) is 28.9 Å². The van der Waals surface area contributed by atoms with Crippen molar-refractivity contribution in [1.29, 1.82) is 0 Å². The van der Waals surface area contributed by atoms with Crippen molar-refractivity contribution >= 4 is 28.5 Å². The van der Waals surface area contributed by atoms with E-state index in [1.807, 2.05) is 6.92 Å². The van der Waals surface area contributed by atoms with Crippen molar-refractivity contribution in [2.24, 2.45) is 0 Å². The predicted molar refractivity (Wildman–Crippen MR) is 106 cm³/mol. The highest BCUT2D eigenvalue weighted by atomic mass is 19.1. The standard InChI is InChI=1S/C22H21FN2O3/c1-3-4-11-28-22(27)16-7-5-6-8-19(16)25-21(26)18-12-14(2)24-20-10-9-15(23)13-17(18)20/h5-10,12-13H,3-4,11H2,1-2H3,(H,25,26). The molecule has 2 aromatic carbocycles. The molecule has 0 bridgehead atoms. The highest BCUT2D eigenvalue weighted by Gasteiger charge is 2.17. The second-order valence-electron chi connectivity index (χ2n) is 6.46. The van der Waals surface area contributed by atoms with Crippen molar-refractivity contribution in [2.45, 2.75) is 26.7 Å². The molecule has 3 rings (SSSR count). The lowest BCUT2D eigenvalue weighted by Gasteiger charge is -2.12. The van der Waals surface area contributed by atoms with Crippen molar-refractivity contribution < 1.29 is 18.7 Å². The smallest absolute Gasteiger partial charge is 0.340 e. The van der Waals surface area contributed by atoms with Crippen LogP contribution in [0.4, 0.5) is 10.1 Å². The summed E-state index contributed by atoms with van der Waals surface area (Å²) in [5, 5.41) is 3.16. The second kappa shape index (κ2) is 8.61. The number of para-hydroxylation sites is 1. The number of unbranched alkanes of at least 4 members (excludes halogenated alkanes) is 1. The summed E-state index contributed by atoms with van der Waals surface area (Å²) in [7, 11) is 0. The summed E-state index contributed by atoms with van der Waals surface area (Å²) in [6.45, 7) is 4.09. The van der Waals surface area contributed by atoms with E-state index in [1.54, 1.807) is 37.3 Å². The molecule has 0 unspecified atom stereocenters. The number of fused-ring (bicyclic) bond motifs is 1. The number of nitrogens with one attached hydrogen (secondary N) is 1. The number of rotatable bonds is 6. The molecule has 0 aliphatic rings. The van der Waals surface area contributed by atoms with Crippen molar-refractivity contribution in [2.75, 3.05) is 11.9 Å². The maximum absolute atomic E-state index is 13.7. The van der Waals surface area contributed by atoms with Gasteiger partial charge in [0.05, 0.1) is 28.9 Å². The van der Waals surface area contributed by atoms with Gasteiger partial charge in [0.2, 0.25) is 0 Å². The van der Waals surface area contributed by atoms with Gasteiger partial charge in [0.1, 0.15) is 5.82 Å². The molecule has 0 radical (unpaired) electrons. The van der Waals surface area contributed by atoms with Crippen LogP contribution in [0.15, 0.2) is 48.5 Å². The number of anilines is 1. The Morgan fingerprint density at radius 1 is 1.11 bits per heavy atom. The Balaban J connectivity index is 1.91. The molecule has 6 heteroatoms. The van der Waals surface area contributed by atoms with E-state index in [0.717, 1.165) is 12.8 Å². The van der Waals surface area contributed by atoms with Gasteiger partial charge in [-0.1, -0.05) is 25.5 Å². The van der Waals surface area contributed by atoms with Crippen LogP contribution in [0.2, 0.25) is 0 Å². The first-order valence-corrected chi connectivity index (χ1v) is 9.14. The fourth-order valence-electron chi connectivity index (χ4n) is 2.86. The minimum atomic E-state index is -0.494. The monoisotopic (exact) mass is 380 g/mol. The highest BCUT2D eigenvalue weighted by molar-refractivity contribution is 6.14. The van der Waals surface area contributed by atoms with Crippen molar-refractivity contribution in [3.63, 3.8) is 0 Å². The number of aromatic nitrogens is 1. The average Bonchev–Trinajstić information content (AvgIpc) is 2.68. The Morgan fingerprint density at radius 3 is 2.68 bits per heavy atom. The Labute approximate surface area is 162 Å². The van der Waals surface area contributed by atoms with Gasteiger partial charge in [0.25, 0.3) is 5.91 Å². The highest BCUT2D eigenvalue weighted by Crippen LogP contribution is 2.23. The molecule has 0 saturated carbocycles. The van der Waals surface area contributed by atoms with Crippen LogP contribution in [-0.2, 0) is 4.74 Å². The van der Waals surface area contributed by atoms with Crippen LogP contribution in [0.3, 0.4) is 0 Å². The molecule has 28 heavy (non-hydrogen) atoms. The van der Waals surface area contributed by atoms with E-state index < -0.39 is 17.7 Å². The van der Waals surface area contributed by atoms with Crippen molar-refractivity contribution in [1.82, 2.24) is 4.98 Å². The van der Waals surface area contributed by atoms with Gasteiger partial charge in [-0.2, -0.15) is 0 Å². The first-order valence-electron chi connectivity index (χ1n) is 9.14. The van der Waals surface area contributed by atoms with Gasteiger partial charge in [0, 0.05) is 11.1 Å². The first kappa shape index (κ1) is 19.5. The molecular formula is C22H21FN2O3.